The van der Waals surface area contributed by atoms with E-state index in [1.54, 1.807) is 6.07 Å². The van der Waals surface area contributed by atoms with Gasteiger partial charge in [-0.15, -0.1) is 0 Å². The van der Waals surface area contributed by atoms with E-state index in [9.17, 15) is 21.2 Å². The Kier molecular flexibility index (Phi) is 3.63. The van der Waals surface area contributed by atoms with Gasteiger partial charge in [0.15, 0.2) is 0 Å². The van der Waals surface area contributed by atoms with E-state index in [0.717, 1.165) is 18.2 Å². The number of hydrogen-bond donors (Lipinski definition) is 1. The highest BCUT2D eigenvalue weighted by atomic mass is 32.2. The number of rotatable bonds is 3. The molecule has 0 atom stereocenters. The minimum absolute atomic E-state index is 0.269. The summed E-state index contributed by atoms with van der Waals surface area (Å²) in [6.45, 7) is 0. The number of sulfone groups is 1. The first-order valence-corrected chi connectivity index (χ1v) is 8.23. The predicted octanol–water partition coefficient (Wildman–Crippen LogP) is 1.91. The SMILES string of the molecule is O=S(=O)(O)c1cccc(F)c1S(=O)(=O)c1ccccc1. The van der Waals surface area contributed by atoms with E-state index in [1.165, 1.54) is 24.3 Å². The van der Waals surface area contributed by atoms with Crippen LogP contribution in [0.25, 0.3) is 0 Å². The van der Waals surface area contributed by atoms with E-state index >= 15 is 0 Å². The molecule has 8 heteroatoms. The summed E-state index contributed by atoms with van der Waals surface area (Å²) in [5.74, 6) is -1.25. The molecule has 5 nitrogen and oxygen atoms in total. The molecule has 0 unspecified atom stereocenters. The Bertz CT molecular complexity index is 843. The van der Waals surface area contributed by atoms with Crippen molar-refractivity contribution in [3.8, 4) is 0 Å². The van der Waals surface area contributed by atoms with Crippen LogP contribution in [0, 0.1) is 5.82 Å². The van der Waals surface area contributed by atoms with E-state index in [2.05, 4.69) is 0 Å². The number of benzene rings is 2. The summed E-state index contributed by atoms with van der Waals surface area (Å²) in [6, 6.07) is 9.44. The lowest BCUT2D eigenvalue weighted by Gasteiger charge is -2.09. The molecule has 0 heterocycles. The summed E-state index contributed by atoms with van der Waals surface area (Å²) in [5.41, 5.74) is 0. The molecular formula is C12H9FO5S2. The Morgan fingerprint density at radius 3 is 2.00 bits per heavy atom. The normalized spacial score (nSPS) is 12.3. The van der Waals surface area contributed by atoms with Crippen molar-refractivity contribution in [2.45, 2.75) is 14.7 Å². The molecule has 0 spiro atoms. The standard InChI is InChI=1S/C12H9FO5S2/c13-10-7-4-8-11(20(16,17)18)12(10)19(14,15)9-5-2-1-3-6-9/h1-8H,(H,16,17,18). The van der Waals surface area contributed by atoms with Crippen molar-refractivity contribution in [3.63, 3.8) is 0 Å². The number of halogens is 1. The molecule has 2 aromatic rings. The topological polar surface area (TPSA) is 88.5 Å². The van der Waals surface area contributed by atoms with Crippen molar-refractivity contribution in [1.82, 2.24) is 0 Å². The fourth-order valence-corrected chi connectivity index (χ4v) is 4.31. The maximum absolute atomic E-state index is 13.8. The van der Waals surface area contributed by atoms with E-state index in [1.807, 2.05) is 0 Å². The van der Waals surface area contributed by atoms with Crippen molar-refractivity contribution >= 4 is 20.0 Å². The first-order valence-electron chi connectivity index (χ1n) is 5.31. The van der Waals surface area contributed by atoms with Gasteiger partial charge in [0.25, 0.3) is 10.1 Å². The third-order valence-corrected chi connectivity index (χ3v) is 5.40. The Morgan fingerprint density at radius 1 is 0.850 bits per heavy atom. The van der Waals surface area contributed by atoms with E-state index in [-0.39, 0.29) is 4.90 Å². The van der Waals surface area contributed by atoms with Crippen molar-refractivity contribution in [1.29, 1.82) is 0 Å². The van der Waals surface area contributed by atoms with Gasteiger partial charge in [-0.05, 0) is 24.3 Å². The summed E-state index contributed by atoms with van der Waals surface area (Å²) in [4.78, 5) is -2.31. The molecular weight excluding hydrogens is 307 g/mol. The molecule has 106 valence electrons. The van der Waals surface area contributed by atoms with Gasteiger partial charge in [0.2, 0.25) is 9.84 Å². The summed E-state index contributed by atoms with van der Waals surface area (Å²) in [7, 11) is -9.26. The van der Waals surface area contributed by atoms with Crippen LogP contribution in [0.3, 0.4) is 0 Å². The largest absolute Gasteiger partial charge is 0.295 e. The Hall–Kier alpha value is -1.77. The molecule has 0 aliphatic rings. The molecule has 0 aromatic heterocycles. The quantitative estimate of drug-likeness (QED) is 0.874. The third-order valence-electron chi connectivity index (χ3n) is 2.53. The maximum atomic E-state index is 13.8. The zero-order valence-corrected chi connectivity index (χ0v) is 11.5. The fraction of sp³-hybridized carbons (Fsp3) is 0. The second-order valence-corrected chi connectivity index (χ2v) is 7.14. The Balaban J connectivity index is 2.84. The molecule has 0 amide bonds. The maximum Gasteiger partial charge on any atom is 0.295 e. The van der Waals surface area contributed by atoms with Gasteiger partial charge >= 0.3 is 0 Å². The second-order valence-electron chi connectivity index (χ2n) is 3.86. The average Bonchev–Trinajstić information content (AvgIpc) is 2.38. The van der Waals surface area contributed by atoms with Gasteiger partial charge in [-0.25, -0.2) is 12.8 Å². The molecule has 0 bridgehead atoms. The van der Waals surface area contributed by atoms with Crippen LogP contribution in [0.5, 0.6) is 0 Å². The Labute approximate surface area is 115 Å². The van der Waals surface area contributed by atoms with Gasteiger partial charge in [-0.2, -0.15) is 8.42 Å². The van der Waals surface area contributed by atoms with E-state index in [0.29, 0.717) is 0 Å². The smallest absolute Gasteiger partial charge is 0.282 e. The fourth-order valence-electron chi connectivity index (χ4n) is 1.67. The molecule has 2 aromatic carbocycles. The van der Waals surface area contributed by atoms with Crippen LogP contribution in [-0.2, 0) is 20.0 Å². The van der Waals surface area contributed by atoms with Gasteiger partial charge in [-0.3, -0.25) is 4.55 Å². The molecule has 0 fully saturated rings. The molecule has 0 aliphatic heterocycles. The zero-order valence-electron chi connectivity index (χ0n) is 9.89. The summed E-state index contributed by atoms with van der Waals surface area (Å²) in [5, 5.41) is 0. The van der Waals surface area contributed by atoms with Crippen LogP contribution in [-0.4, -0.2) is 21.4 Å². The molecule has 0 saturated heterocycles. The summed E-state index contributed by atoms with van der Waals surface area (Å²) >= 11 is 0. The van der Waals surface area contributed by atoms with Crippen LogP contribution < -0.4 is 0 Å². The Morgan fingerprint density at radius 2 is 1.45 bits per heavy atom. The van der Waals surface area contributed by atoms with E-state index in [4.69, 9.17) is 4.55 Å². The van der Waals surface area contributed by atoms with Gasteiger partial charge in [0.05, 0.1) is 4.90 Å². The first-order chi connectivity index (χ1) is 9.24. The predicted molar refractivity (Wildman–Crippen MR) is 68.1 cm³/mol. The van der Waals surface area contributed by atoms with Gasteiger partial charge in [-0.1, -0.05) is 24.3 Å². The van der Waals surface area contributed by atoms with Crippen molar-refractivity contribution < 1.29 is 25.8 Å². The minimum Gasteiger partial charge on any atom is -0.282 e. The van der Waals surface area contributed by atoms with Crippen LogP contribution in [0.1, 0.15) is 0 Å². The van der Waals surface area contributed by atoms with Crippen LogP contribution in [0.4, 0.5) is 4.39 Å². The monoisotopic (exact) mass is 316 g/mol. The average molecular weight is 316 g/mol. The molecule has 0 aliphatic carbocycles. The first kappa shape index (κ1) is 14.6. The molecule has 1 N–H and O–H groups in total. The highest BCUT2D eigenvalue weighted by molar-refractivity contribution is 7.92. The van der Waals surface area contributed by atoms with Crippen molar-refractivity contribution in [2.75, 3.05) is 0 Å². The highest BCUT2D eigenvalue weighted by Gasteiger charge is 2.30. The lowest BCUT2D eigenvalue weighted by molar-refractivity contribution is 0.475. The second kappa shape index (κ2) is 4.97. The molecule has 0 saturated carbocycles. The molecule has 0 radical (unpaired) electrons. The third kappa shape index (κ3) is 2.58. The molecule has 2 rings (SSSR count). The van der Waals surface area contributed by atoms with Crippen molar-refractivity contribution in [2.24, 2.45) is 0 Å². The van der Waals surface area contributed by atoms with Crippen LogP contribution in [0.15, 0.2) is 63.2 Å². The van der Waals surface area contributed by atoms with Gasteiger partial charge < -0.3 is 0 Å². The van der Waals surface area contributed by atoms with Crippen LogP contribution >= 0.6 is 0 Å². The lowest BCUT2D eigenvalue weighted by Crippen LogP contribution is -2.11. The summed E-state index contributed by atoms with van der Waals surface area (Å²) < 4.78 is 69.9. The van der Waals surface area contributed by atoms with Crippen LogP contribution in [0.2, 0.25) is 0 Å². The van der Waals surface area contributed by atoms with E-state index < -0.39 is 35.6 Å². The lowest BCUT2D eigenvalue weighted by atomic mass is 10.3. The van der Waals surface area contributed by atoms with Gasteiger partial charge in [0.1, 0.15) is 15.6 Å². The zero-order chi connectivity index (χ0) is 15.0. The molecule has 20 heavy (non-hydrogen) atoms. The van der Waals surface area contributed by atoms with Gasteiger partial charge in [0, 0.05) is 0 Å². The highest BCUT2D eigenvalue weighted by Crippen LogP contribution is 2.29. The van der Waals surface area contributed by atoms with Crippen molar-refractivity contribution in [3.05, 3.63) is 54.3 Å². The number of hydrogen-bond acceptors (Lipinski definition) is 4. The summed E-state index contributed by atoms with van der Waals surface area (Å²) in [6.07, 6.45) is 0. The minimum atomic E-state index is -4.87.